The molecule has 0 saturated carbocycles. The fraction of sp³-hybridized carbons (Fsp3) is 0.650. The SMILES string of the molecule is CC.COC(=O)c1cncc(N2CC3CC(C2)N(C(=O)OC(C)(C)C)C3)c1. The molecule has 2 aliphatic rings. The van der Waals surface area contributed by atoms with Gasteiger partial charge in [-0.25, -0.2) is 9.59 Å². The van der Waals surface area contributed by atoms with Crippen LogP contribution in [0.15, 0.2) is 18.5 Å². The van der Waals surface area contributed by atoms with Gasteiger partial charge in [0.1, 0.15) is 5.60 Å². The number of ether oxygens (including phenoxy) is 2. The van der Waals surface area contributed by atoms with E-state index >= 15 is 0 Å². The minimum atomic E-state index is -0.494. The molecule has 2 bridgehead atoms. The Bertz CT molecular complexity index is 671. The maximum atomic E-state index is 12.4. The van der Waals surface area contributed by atoms with Crippen LogP contribution in [-0.4, -0.2) is 60.3 Å². The number of carbonyl (C=O) groups excluding carboxylic acids is 2. The van der Waals surface area contributed by atoms with Gasteiger partial charge in [-0.3, -0.25) is 4.98 Å². The quantitative estimate of drug-likeness (QED) is 0.736. The smallest absolute Gasteiger partial charge is 0.410 e. The molecule has 0 aliphatic carbocycles. The number of fused-ring (bicyclic) bond motifs is 2. The largest absolute Gasteiger partial charge is 0.465 e. The third-order valence-corrected chi connectivity index (χ3v) is 4.55. The van der Waals surface area contributed by atoms with E-state index in [9.17, 15) is 9.59 Å². The zero-order chi connectivity index (χ0) is 20.2. The molecular formula is C20H31N3O4. The maximum Gasteiger partial charge on any atom is 0.410 e. The minimum absolute atomic E-state index is 0.121. The molecule has 1 aromatic heterocycles. The number of methoxy groups -OCH3 is 1. The standard InChI is InChI=1S/C18H25N3O4.C2H6/c1-18(2,3)25-17(23)21-10-12-5-15(21)11-20(9-12)14-6-13(7-19-8-14)16(22)24-4;1-2/h6-8,12,15H,5,9-11H2,1-4H3;1-2H3. The van der Waals surface area contributed by atoms with Crippen LogP contribution < -0.4 is 4.90 Å². The second kappa shape index (κ2) is 8.59. The second-order valence-corrected chi connectivity index (χ2v) is 7.72. The lowest BCUT2D eigenvalue weighted by molar-refractivity contribution is 0.0233. The Morgan fingerprint density at radius 2 is 1.85 bits per heavy atom. The first kappa shape index (κ1) is 21.0. The predicted molar refractivity (Wildman–Crippen MR) is 104 cm³/mol. The summed E-state index contributed by atoms with van der Waals surface area (Å²) in [4.78, 5) is 32.3. The monoisotopic (exact) mass is 377 g/mol. The second-order valence-electron chi connectivity index (χ2n) is 7.72. The summed E-state index contributed by atoms with van der Waals surface area (Å²) < 4.78 is 10.3. The van der Waals surface area contributed by atoms with Crippen LogP contribution in [0.1, 0.15) is 51.4 Å². The van der Waals surface area contributed by atoms with Gasteiger partial charge in [0.25, 0.3) is 0 Å². The third kappa shape index (κ3) is 5.11. The van der Waals surface area contributed by atoms with E-state index in [0.717, 1.165) is 18.7 Å². The van der Waals surface area contributed by atoms with E-state index in [1.165, 1.54) is 13.3 Å². The molecule has 2 saturated heterocycles. The van der Waals surface area contributed by atoms with E-state index in [1.54, 1.807) is 12.3 Å². The summed E-state index contributed by atoms with van der Waals surface area (Å²) in [5.41, 5.74) is 0.817. The van der Waals surface area contributed by atoms with Crippen molar-refractivity contribution in [1.82, 2.24) is 9.88 Å². The van der Waals surface area contributed by atoms with Crippen molar-refractivity contribution in [3.63, 3.8) is 0 Å². The van der Waals surface area contributed by atoms with Crippen molar-refractivity contribution in [2.45, 2.75) is 52.7 Å². The van der Waals surface area contributed by atoms with E-state index < -0.39 is 11.6 Å². The van der Waals surface area contributed by atoms with Crippen molar-refractivity contribution in [2.24, 2.45) is 5.92 Å². The average molecular weight is 377 g/mol. The van der Waals surface area contributed by atoms with Crippen molar-refractivity contribution >= 4 is 17.7 Å². The van der Waals surface area contributed by atoms with Crippen LogP contribution in [0.4, 0.5) is 10.5 Å². The van der Waals surface area contributed by atoms with Crippen LogP contribution in [0.5, 0.6) is 0 Å². The number of anilines is 1. The Balaban J connectivity index is 0.00000126. The molecule has 2 unspecified atom stereocenters. The fourth-order valence-corrected chi connectivity index (χ4v) is 3.54. The normalized spacial score (nSPS) is 21.3. The summed E-state index contributed by atoms with van der Waals surface area (Å²) in [6.45, 7) is 11.9. The number of esters is 1. The van der Waals surface area contributed by atoms with Gasteiger partial charge in [-0.15, -0.1) is 0 Å². The van der Waals surface area contributed by atoms with Gasteiger partial charge in [-0.05, 0) is 39.2 Å². The van der Waals surface area contributed by atoms with Crippen LogP contribution in [0.2, 0.25) is 0 Å². The van der Waals surface area contributed by atoms with Gasteiger partial charge >= 0.3 is 12.1 Å². The Morgan fingerprint density at radius 3 is 2.48 bits per heavy atom. The van der Waals surface area contributed by atoms with Crippen LogP contribution >= 0.6 is 0 Å². The number of nitrogens with zero attached hydrogens (tertiary/aromatic N) is 3. The van der Waals surface area contributed by atoms with Crippen LogP contribution in [0, 0.1) is 5.92 Å². The van der Waals surface area contributed by atoms with Crippen molar-refractivity contribution in [3.8, 4) is 0 Å². The molecule has 1 amide bonds. The fourth-order valence-electron chi connectivity index (χ4n) is 3.54. The minimum Gasteiger partial charge on any atom is -0.465 e. The molecule has 0 radical (unpaired) electrons. The Labute approximate surface area is 161 Å². The van der Waals surface area contributed by atoms with E-state index in [2.05, 4.69) is 9.88 Å². The number of aromatic nitrogens is 1. The first-order valence-electron chi connectivity index (χ1n) is 9.55. The van der Waals surface area contributed by atoms with Gasteiger partial charge in [-0.1, -0.05) is 13.8 Å². The predicted octanol–water partition coefficient (Wildman–Crippen LogP) is 3.34. The molecule has 0 N–H and O–H groups in total. The molecule has 3 heterocycles. The molecule has 2 aliphatic heterocycles. The summed E-state index contributed by atoms with van der Waals surface area (Å²) in [6.07, 6.45) is 3.98. The average Bonchev–Trinajstić information content (AvgIpc) is 2.95. The maximum absolute atomic E-state index is 12.4. The van der Waals surface area contributed by atoms with E-state index in [1.807, 2.05) is 39.5 Å². The van der Waals surface area contributed by atoms with Gasteiger partial charge in [0, 0.05) is 25.8 Å². The number of rotatable bonds is 2. The van der Waals surface area contributed by atoms with Gasteiger partial charge in [-0.2, -0.15) is 0 Å². The van der Waals surface area contributed by atoms with Crippen molar-refractivity contribution < 1.29 is 19.1 Å². The molecular weight excluding hydrogens is 346 g/mol. The highest BCUT2D eigenvalue weighted by atomic mass is 16.6. The highest BCUT2D eigenvalue weighted by Crippen LogP contribution is 2.33. The van der Waals surface area contributed by atoms with Gasteiger partial charge in [0.2, 0.25) is 0 Å². The number of pyridine rings is 1. The van der Waals surface area contributed by atoms with Gasteiger partial charge in [0.05, 0.1) is 30.6 Å². The molecule has 2 atom stereocenters. The number of hydrogen-bond donors (Lipinski definition) is 0. The summed E-state index contributed by atoms with van der Waals surface area (Å²) in [5, 5.41) is 0. The van der Waals surface area contributed by atoms with Crippen molar-refractivity contribution in [1.29, 1.82) is 0 Å². The molecule has 27 heavy (non-hydrogen) atoms. The molecule has 150 valence electrons. The van der Waals surface area contributed by atoms with Crippen molar-refractivity contribution in [3.05, 3.63) is 24.0 Å². The molecule has 2 fully saturated rings. The Kier molecular flexibility index (Phi) is 6.68. The Morgan fingerprint density at radius 1 is 1.15 bits per heavy atom. The van der Waals surface area contributed by atoms with E-state index in [-0.39, 0.29) is 12.1 Å². The van der Waals surface area contributed by atoms with E-state index in [4.69, 9.17) is 9.47 Å². The highest BCUT2D eigenvalue weighted by Gasteiger charge is 2.42. The molecule has 0 aromatic carbocycles. The number of likely N-dealkylation sites (tertiary alicyclic amines) is 1. The number of carbonyl (C=O) groups is 2. The number of amides is 1. The summed E-state index contributed by atoms with van der Waals surface area (Å²) >= 11 is 0. The molecule has 7 nitrogen and oxygen atoms in total. The summed E-state index contributed by atoms with van der Waals surface area (Å²) in [6, 6.07) is 1.91. The van der Waals surface area contributed by atoms with Crippen LogP contribution in [0.25, 0.3) is 0 Å². The van der Waals surface area contributed by atoms with E-state index in [0.29, 0.717) is 24.6 Å². The van der Waals surface area contributed by atoms with Crippen molar-refractivity contribution in [2.75, 3.05) is 31.6 Å². The first-order chi connectivity index (χ1) is 12.8. The van der Waals surface area contributed by atoms with Crippen LogP contribution in [0.3, 0.4) is 0 Å². The van der Waals surface area contributed by atoms with Crippen LogP contribution in [-0.2, 0) is 9.47 Å². The highest BCUT2D eigenvalue weighted by molar-refractivity contribution is 5.90. The molecule has 7 heteroatoms. The number of piperidine rings is 1. The van der Waals surface area contributed by atoms with Gasteiger partial charge in [0.15, 0.2) is 0 Å². The molecule has 1 aromatic rings. The molecule has 0 spiro atoms. The number of hydrogen-bond acceptors (Lipinski definition) is 6. The molecule has 3 rings (SSSR count). The zero-order valence-electron chi connectivity index (χ0n) is 17.2. The Hall–Kier alpha value is -2.31. The topological polar surface area (TPSA) is 72.0 Å². The zero-order valence-corrected chi connectivity index (χ0v) is 17.2. The van der Waals surface area contributed by atoms with Gasteiger partial charge < -0.3 is 19.3 Å². The lowest BCUT2D eigenvalue weighted by atomic mass is 9.99. The lowest BCUT2D eigenvalue weighted by Crippen LogP contribution is -2.45. The lowest BCUT2D eigenvalue weighted by Gasteiger charge is -2.34. The summed E-state index contributed by atoms with van der Waals surface area (Å²) in [7, 11) is 1.36. The summed E-state index contributed by atoms with van der Waals surface area (Å²) in [5.74, 6) is -0.00207. The first-order valence-corrected chi connectivity index (χ1v) is 9.55. The third-order valence-electron chi connectivity index (χ3n) is 4.55.